The van der Waals surface area contributed by atoms with Crippen molar-refractivity contribution in [3.05, 3.63) is 17.3 Å². The first-order valence-electron chi connectivity index (χ1n) is 4.61. The maximum atomic E-state index is 11.0. The van der Waals surface area contributed by atoms with Crippen LogP contribution in [0.5, 0.6) is 0 Å². The smallest absolute Gasteiger partial charge is 0.316 e. The monoisotopic (exact) mass is 254 g/mol. The molecule has 0 aliphatic carbocycles. The van der Waals surface area contributed by atoms with Gasteiger partial charge in [0.05, 0.1) is 12.9 Å². The number of esters is 1. The number of ether oxygens (including phenoxy) is 1. The summed E-state index contributed by atoms with van der Waals surface area (Å²) < 4.78 is 4.59. The van der Waals surface area contributed by atoms with E-state index in [2.05, 4.69) is 14.7 Å². The molecule has 16 heavy (non-hydrogen) atoms. The number of fused-ring (bicyclic) bond motifs is 1. The second kappa shape index (κ2) is 4.80. The van der Waals surface area contributed by atoms with Gasteiger partial charge in [-0.1, -0.05) is 11.8 Å². The summed E-state index contributed by atoms with van der Waals surface area (Å²) in [6.45, 7) is 2.03. The SMILES string of the molecule is COC(=O)CSc1ncnc2sc(C)cc12. The van der Waals surface area contributed by atoms with Gasteiger partial charge < -0.3 is 4.74 Å². The topological polar surface area (TPSA) is 52.1 Å². The Kier molecular flexibility index (Phi) is 3.40. The van der Waals surface area contributed by atoms with Crippen LogP contribution < -0.4 is 0 Å². The maximum absolute atomic E-state index is 11.0. The first kappa shape index (κ1) is 11.3. The van der Waals surface area contributed by atoms with Crippen LogP contribution >= 0.6 is 23.1 Å². The van der Waals surface area contributed by atoms with Crippen molar-refractivity contribution in [2.45, 2.75) is 11.9 Å². The fraction of sp³-hybridized carbons (Fsp3) is 0.300. The van der Waals surface area contributed by atoms with E-state index in [1.54, 1.807) is 11.3 Å². The van der Waals surface area contributed by atoms with E-state index in [4.69, 9.17) is 0 Å². The number of hydrogen-bond donors (Lipinski definition) is 0. The summed E-state index contributed by atoms with van der Waals surface area (Å²) in [5, 5.41) is 1.85. The number of methoxy groups -OCH3 is 1. The lowest BCUT2D eigenvalue weighted by molar-refractivity contribution is -0.137. The van der Waals surface area contributed by atoms with Crippen LogP contribution in [0, 0.1) is 6.92 Å². The van der Waals surface area contributed by atoms with Crippen molar-refractivity contribution in [2.24, 2.45) is 0 Å². The van der Waals surface area contributed by atoms with Crippen molar-refractivity contribution < 1.29 is 9.53 Å². The van der Waals surface area contributed by atoms with Crippen LogP contribution in [0.25, 0.3) is 10.2 Å². The minimum absolute atomic E-state index is 0.247. The van der Waals surface area contributed by atoms with Gasteiger partial charge in [0.2, 0.25) is 0 Å². The third-order valence-electron chi connectivity index (χ3n) is 1.97. The molecule has 2 heterocycles. The van der Waals surface area contributed by atoms with Crippen molar-refractivity contribution in [3.63, 3.8) is 0 Å². The van der Waals surface area contributed by atoms with Crippen LogP contribution in [0.3, 0.4) is 0 Å². The van der Waals surface area contributed by atoms with Gasteiger partial charge in [-0.05, 0) is 13.0 Å². The highest BCUT2D eigenvalue weighted by Gasteiger charge is 2.09. The summed E-state index contributed by atoms with van der Waals surface area (Å²) >= 11 is 3.00. The van der Waals surface area contributed by atoms with E-state index in [-0.39, 0.29) is 11.7 Å². The molecule has 4 nitrogen and oxygen atoms in total. The van der Waals surface area contributed by atoms with E-state index >= 15 is 0 Å². The average Bonchev–Trinajstić information content (AvgIpc) is 2.66. The zero-order valence-electron chi connectivity index (χ0n) is 8.89. The van der Waals surface area contributed by atoms with Crippen LogP contribution in [0.1, 0.15) is 4.88 Å². The molecule has 2 aromatic heterocycles. The molecule has 0 N–H and O–H groups in total. The van der Waals surface area contributed by atoms with E-state index in [1.807, 2.05) is 13.0 Å². The number of hydrogen-bond acceptors (Lipinski definition) is 6. The lowest BCUT2D eigenvalue weighted by Crippen LogP contribution is -2.03. The van der Waals surface area contributed by atoms with E-state index in [0.29, 0.717) is 0 Å². The summed E-state index contributed by atoms with van der Waals surface area (Å²) in [6, 6.07) is 2.04. The lowest BCUT2D eigenvalue weighted by atomic mass is 10.4. The van der Waals surface area contributed by atoms with Gasteiger partial charge in [0.25, 0.3) is 0 Å². The summed E-state index contributed by atoms with van der Waals surface area (Å²) in [7, 11) is 1.38. The van der Waals surface area contributed by atoms with E-state index in [1.165, 1.54) is 30.1 Å². The Morgan fingerprint density at radius 2 is 2.38 bits per heavy atom. The highest BCUT2D eigenvalue weighted by atomic mass is 32.2. The van der Waals surface area contributed by atoms with Gasteiger partial charge in [-0.2, -0.15) is 0 Å². The Labute approximate surface area is 101 Å². The Hall–Kier alpha value is -1.14. The molecule has 6 heteroatoms. The third kappa shape index (κ3) is 2.33. The van der Waals surface area contributed by atoms with Crippen molar-refractivity contribution in [1.29, 1.82) is 0 Å². The molecule has 2 aromatic rings. The molecular formula is C10H10N2O2S2. The van der Waals surface area contributed by atoms with E-state index in [9.17, 15) is 4.79 Å². The second-order valence-corrected chi connectivity index (χ2v) is 5.32. The first-order chi connectivity index (χ1) is 7.70. The number of aryl methyl sites for hydroxylation is 1. The highest BCUT2D eigenvalue weighted by Crippen LogP contribution is 2.30. The van der Waals surface area contributed by atoms with Crippen molar-refractivity contribution >= 4 is 39.3 Å². The molecule has 0 radical (unpaired) electrons. The van der Waals surface area contributed by atoms with Crippen molar-refractivity contribution in [3.8, 4) is 0 Å². The molecule has 0 aliphatic rings. The molecule has 0 atom stereocenters. The Morgan fingerprint density at radius 3 is 3.12 bits per heavy atom. The first-order valence-corrected chi connectivity index (χ1v) is 6.41. The molecule has 0 amide bonds. The fourth-order valence-corrected chi connectivity index (χ4v) is 2.97. The van der Waals surface area contributed by atoms with Crippen LogP contribution in [-0.4, -0.2) is 28.8 Å². The number of nitrogens with zero attached hydrogens (tertiary/aromatic N) is 2. The van der Waals surface area contributed by atoms with Gasteiger partial charge in [0.1, 0.15) is 16.2 Å². The van der Waals surface area contributed by atoms with Gasteiger partial charge in [-0.25, -0.2) is 9.97 Å². The molecule has 2 rings (SSSR count). The van der Waals surface area contributed by atoms with E-state index in [0.717, 1.165) is 15.2 Å². The lowest BCUT2D eigenvalue weighted by Gasteiger charge is -2.00. The van der Waals surface area contributed by atoms with Crippen molar-refractivity contribution in [1.82, 2.24) is 9.97 Å². The van der Waals surface area contributed by atoms with Crippen LogP contribution in [0.15, 0.2) is 17.4 Å². The molecule has 0 bridgehead atoms. The minimum Gasteiger partial charge on any atom is -0.468 e. The molecule has 84 valence electrons. The van der Waals surface area contributed by atoms with Gasteiger partial charge in [0.15, 0.2) is 0 Å². The van der Waals surface area contributed by atoms with E-state index < -0.39 is 0 Å². The van der Waals surface area contributed by atoms with Gasteiger partial charge >= 0.3 is 5.97 Å². The summed E-state index contributed by atoms with van der Waals surface area (Å²) in [4.78, 5) is 21.6. The third-order valence-corrected chi connectivity index (χ3v) is 3.91. The largest absolute Gasteiger partial charge is 0.468 e. The molecule has 0 saturated carbocycles. The molecule has 0 aliphatic heterocycles. The molecule has 0 unspecified atom stereocenters. The number of carbonyl (C=O) groups is 1. The van der Waals surface area contributed by atoms with Crippen LogP contribution in [-0.2, 0) is 9.53 Å². The highest BCUT2D eigenvalue weighted by molar-refractivity contribution is 8.00. The number of aromatic nitrogens is 2. The Morgan fingerprint density at radius 1 is 1.56 bits per heavy atom. The number of thioether (sulfide) groups is 1. The average molecular weight is 254 g/mol. The molecule has 0 aromatic carbocycles. The molecule has 0 saturated heterocycles. The van der Waals surface area contributed by atoms with Crippen LogP contribution in [0.4, 0.5) is 0 Å². The summed E-state index contributed by atoms with van der Waals surface area (Å²) in [6.07, 6.45) is 1.53. The normalized spacial score (nSPS) is 10.6. The summed E-state index contributed by atoms with van der Waals surface area (Å²) in [5.41, 5.74) is 0. The quantitative estimate of drug-likeness (QED) is 0.478. The fourth-order valence-electron chi connectivity index (χ4n) is 1.26. The predicted octanol–water partition coefficient (Wildman–Crippen LogP) is 2.26. The number of thiophene rings is 1. The Bertz CT molecular complexity index is 525. The minimum atomic E-state index is -0.247. The van der Waals surface area contributed by atoms with Gasteiger partial charge in [-0.15, -0.1) is 11.3 Å². The zero-order chi connectivity index (χ0) is 11.5. The van der Waals surface area contributed by atoms with Crippen LogP contribution in [0.2, 0.25) is 0 Å². The van der Waals surface area contributed by atoms with Crippen molar-refractivity contribution in [2.75, 3.05) is 12.9 Å². The predicted molar refractivity (Wildman–Crippen MR) is 64.9 cm³/mol. The molecule has 0 spiro atoms. The van der Waals surface area contributed by atoms with Gasteiger partial charge in [0, 0.05) is 10.3 Å². The maximum Gasteiger partial charge on any atom is 0.316 e. The number of rotatable bonds is 3. The summed E-state index contributed by atoms with van der Waals surface area (Å²) in [5.74, 6) is 0.0287. The standard InChI is InChI=1S/C10H10N2O2S2/c1-6-3-7-9(15-4-8(13)14-2)11-5-12-10(7)16-6/h3,5H,4H2,1-2H3. The number of carbonyl (C=O) groups excluding carboxylic acids is 1. The zero-order valence-corrected chi connectivity index (χ0v) is 10.5. The van der Waals surface area contributed by atoms with Gasteiger partial charge in [-0.3, -0.25) is 4.79 Å². The second-order valence-electron chi connectivity index (χ2n) is 3.12. The molecule has 0 fully saturated rings. The Balaban J connectivity index is 2.26. The molecular weight excluding hydrogens is 244 g/mol.